The summed E-state index contributed by atoms with van der Waals surface area (Å²) >= 11 is 5.97. The van der Waals surface area contributed by atoms with Crippen molar-refractivity contribution in [2.24, 2.45) is 0 Å². The predicted molar refractivity (Wildman–Crippen MR) is 88.2 cm³/mol. The number of aromatic nitrogens is 3. The highest BCUT2D eigenvalue weighted by atomic mass is 35.5. The molecule has 3 heterocycles. The maximum atomic E-state index is 13.8. The van der Waals surface area contributed by atoms with E-state index < -0.39 is 12.3 Å². The van der Waals surface area contributed by atoms with Gasteiger partial charge >= 0.3 is 6.09 Å². The molecule has 1 aliphatic heterocycles. The summed E-state index contributed by atoms with van der Waals surface area (Å²) in [7, 11) is 0. The Bertz CT molecular complexity index is 775. The molecule has 2 N–H and O–H groups in total. The van der Waals surface area contributed by atoms with E-state index in [4.69, 9.17) is 16.7 Å². The minimum atomic E-state index is -1.21. The zero-order valence-corrected chi connectivity index (χ0v) is 13.8. The van der Waals surface area contributed by atoms with Crippen molar-refractivity contribution in [3.63, 3.8) is 0 Å². The lowest BCUT2D eigenvalue weighted by molar-refractivity contribution is 0.102. The van der Waals surface area contributed by atoms with Crippen LogP contribution in [0.5, 0.6) is 0 Å². The summed E-state index contributed by atoms with van der Waals surface area (Å²) in [5, 5.41) is 12.5. The van der Waals surface area contributed by atoms with Gasteiger partial charge in [0.15, 0.2) is 0 Å². The van der Waals surface area contributed by atoms with Gasteiger partial charge in [0.25, 0.3) is 0 Å². The van der Waals surface area contributed by atoms with E-state index in [1.54, 1.807) is 12.3 Å². The summed E-state index contributed by atoms with van der Waals surface area (Å²) in [5.74, 6) is 0.325. The number of amides is 1. The summed E-state index contributed by atoms with van der Waals surface area (Å²) in [5.41, 5.74) is 2.21. The molecule has 2 aromatic rings. The number of rotatable bonds is 3. The average Bonchev–Trinajstić information content (AvgIpc) is 2.53. The van der Waals surface area contributed by atoms with E-state index in [1.165, 1.54) is 0 Å². The van der Waals surface area contributed by atoms with Crippen molar-refractivity contribution in [1.29, 1.82) is 0 Å². The SMILES string of the molecule is CCc1cc(Cl)nc2cnc(NC3CC(F)CN(C(=O)O)C3)nc12. The number of hydrogen-bond donors (Lipinski definition) is 2. The third-order valence-electron chi connectivity index (χ3n) is 3.98. The Morgan fingerprint density at radius 2 is 2.29 bits per heavy atom. The number of likely N-dealkylation sites (tertiary alicyclic amines) is 1. The zero-order valence-electron chi connectivity index (χ0n) is 13.0. The van der Waals surface area contributed by atoms with Crippen LogP contribution in [0.1, 0.15) is 18.9 Å². The molecule has 2 unspecified atom stereocenters. The van der Waals surface area contributed by atoms with Crippen LogP contribution in [0, 0.1) is 0 Å². The molecule has 2 atom stereocenters. The number of anilines is 1. The molecule has 1 amide bonds. The Morgan fingerprint density at radius 1 is 1.50 bits per heavy atom. The van der Waals surface area contributed by atoms with Crippen LogP contribution < -0.4 is 5.32 Å². The second-order valence-corrected chi connectivity index (χ2v) is 6.13. The van der Waals surface area contributed by atoms with Crippen molar-refractivity contribution in [2.45, 2.75) is 32.0 Å². The molecule has 0 aliphatic carbocycles. The van der Waals surface area contributed by atoms with Gasteiger partial charge in [0.05, 0.1) is 18.3 Å². The molecule has 0 spiro atoms. The lowest BCUT2D eigenvalue weighted by Gasteiger charge is -2.33. The first-order valence-electron chi connectivity index (χ1n) is 7.67. The number of alkyl halides is 1. The molecule has 1 aliphatic rings. The summed E-state index contributed by atoms with van der Waals surface area (Å²) < 4.78 is 13.8. The van der Waals surface area contributed by atoms with Crippen LogP contribution in [0.4, 0.5) is 15.1 Å². The first-order valence-corrected chi connectivity index (χ1v) is 8.04. The van der Waals surface area contributed by atoms with Crippen LogP contribution >= 0.6 is 11.6 Å². The number of nitrogens with zero attached hydrogens (tertiary/aromatic N) is 4. The normalized spacial score (nSPS) is 21.0. The fourth-order valence-electron chi connectivity index (χ4n) is 2.87. The van der Waals surface area contributed by atoms with Gasteiger partial charge < -0.3 is 15.3 Å². The molecule has 1 saturated heterocycles. The second-order valence-electron chi connectivity index (χ2n) is 5.75. The molecule has 3 rings (SSSR count). The van der Waals surface area contributed by atoms with E-state index in [1.807, 2.05) is 6.92 Å². The van der Waals surface area contributed by atoms with Crippen molar-refractivity contribution in [2.75, 3.05) is 18.4 Å². The Balaban J connectivity index is 1.84. The molecular formula is C15H17ClFN5O2. The van der Waals surface area contributed by atoms with E-state index in [9.17, 15) is 9.18 Å². The summed E-state index contributed by atoms with van der Waals surface area (Å²) in [6.07, 6.45) is 0.165. The number of carboxylic acid groups (broad SMARTS) is 1. The van der Waals surface area contributed by atoms with Crippen molar-refractivity contribution < 1.29 is 14.3 Å². The van der Waals surface area contributed by atoms with Crippen LogP contribution in [0.25, 0.3) is 11.0 Å². The standard InChI is InChI=1S/C15H17ClFN5O2/c1-2-8-3-12(16)20-11-5-18-14(21-13(8)11)19-10-4-9(17)6-22(7-10)15(23)24/h3,5,9-10H,2,4,6-7H2,1H3,(H,23,24)(H,18,19,21). The molecule has 0 saturated carbocycles. The highest BCUT2D eigenvalue weighted by Gasteiger charge is 2.30. The maximum Gasteiger partial charge on any atom is 0.407 e. The Labute approximate surface area is 142 Å². The van der Waals surface area contributed by atoms with Gasteiger partial charge in [-0.25, -0.2) is 24.1 Å². The highest BCUT2D eigenvalue weighted by molar-refractivity contribution is 6.29. The van der Waals surface area contributed by atoms with Crippen molar-refractivity contribution in [1.82, 2.24) is 19.9 Å². The lowest BCUT2D eigenvalue weighted by Crippen LogP contribution is -2.49. The molecule has 1 fully saturated rings. The van der Waals surface area contributed by atoms with Crippen molar-refractivity contribution in [3.05, 3.63) is 23.0 Å². The van der Waals surface area contributed by atoms with Crippen molar-refractivity contribution in [3.8, 4) is 0 Å². The molecule has 7 nitrogen and oxygen atoms in total. The van der Waals surface area contributed by atoms with E-state index in [0.717, 1.165) is 16.9 Å². The predicted octanol–water partition coefficient (Wildman–Crippen LogP) is 2.74. The summed E-state index contributed by atoms with van der Waals surface area (Å²) in [6.45, 7) is 2.07. The second kappa shape index (κ2) is 6.72. The van der Waals surface area contributed by atoms with Gasteiger partial charge in [0, 0.05) is 19.0 Å². The van der Waals surface area contributed by atoms with Gasteiger partial charge in [-0.1, -0.05) is 18.5 Å². The van der Waals surface area contributed by atoms with Gasteiger partial charge in [-0.2, -0.15) is 0 Å². The molecule has 2 aromatic heterocycles. The minimum Gasteiger partial charge on any atom is -0.465 e. The van der Waals surface area contributed by atoms with Crippen LogP contribution in [-0.2, 0) is 6.42 Å². The fourth-order valence-corrected chi connectivity index (χ4v) is 3.10. The number of nitrogens with one attached hydrogen (secondary N) is 1. The van der Waals surface area contributed by atoms with Crippen LogP contribution in [-0.4, -0.2) is 56.4 Å². The number of hydrogen-bond acceptors (Lipinski definition) is 5. The fraction of sp³-hybridized carbons (Fsp3) is 0.467. The Kier molecular flexibility index (Phi) is 4.66. The van der Waals surface area contributed by atoms with Crippen LogP contribution in [0.2, 0.25) is 5.15 Å². The Hall–Kier alpha value is -2.22. The average molecular weight is 354 g/mol. The molecule has 0 aromatic carbocycles. The van der Waals surface area contributed by atoms with E-state index >= 15 is 0 Å². The van der Waals surface area contributed by atoms with E-state index in [-0.39, 0.29) is 25.6 Å². The summed E-state index contributed by atoms with van der Waals surface area (Å²) in [4.78, 5) is 24.9. The third kappa shape index (κ3) is 3.48. The highest BCUT2D eigenvalue weighted by Crippen LogP contribution is 2.22. The van der Waals surface area contributed by atoms with Crippen molar-refractivity contribution >= 4 is 34.7 Å². The topological polar surface area (TPSA) is 91.2 Å². The van der Waals surface area contributed by atoms with Gasteiger partial charge in [0.2, 0.25) is 5.95 Å². The number of pyridine rings is 1. The monoisotopic (exact) mass is 353 g/mol. The van der Waals surface area contributed by atoms with Gasteiger partial charge in [-0.05, 0) is 18.1 Å². The van der Waals surface area contributed by atoms with Gasteiger partial charge in [-0.3, -0.25) is 0 Å². The van der Waals surface area contributed by atoms with Crippen LogP contribution in [0.3, 0.4) is 0 Å². The molecule has 0 radical (unpaired) electrons. The maximum absolute atomic E-state index is 13.8. The van der Waals surface area contributed by atoms with E-state index in [0.29, 0.717) is 22.1 Å². The first kappa shape index (κ1) is 16.6. The quantitative estimate of drug-likeness (QED) is 0.824. The Morgan fingerprint density at radius 3 is 3.00 bits per heavy atom. The largest absolute Gasteiger partial charge is 0.465 e. The number of halogens is 2. The van der Waals surface area contributed by atoms with Gasteiger partial charge in [0.1, 0.15) is 16.8 Å². The molecule has 128 valence electrons. The van der Waals surface area contributed by atoms with Gasteiger partial charge in [-0.15, -0.1) is 0 Å². The minimum absolute atomic E-state index is 0.103. The zero-order chi connectivity index (χ0) is 17.3. The molecule has 24 heavy (non-hydrogen) atoms. The molecule has 0 bridgehead atoms. The number of fused-ring (bicyclic) bond motifs is 1. The number of carbonyl (C=O) groups is 1. The van der Waals surface area contributed by atoms with E-state index in [2.05, 4.69) is 20.3 Å². The molecule has 9 heteroatoms. The smallest absolute Gasteiger partial charge is 0.407 e. The summed E-state index contributed by atoms with van der Waals surface area (Å²) in [6, 6.07) is 1.37. The van der Waals surface area contributed by atoms with Crippen LogP contribution in [0.15, 0.2) is 12.3 Å². The number of piperidine rings is 1. The first-order chi connectivity index (χ1) is 11.5. The number of aryl methyl sites for hydroxylation is 1. The third-order valence-corrected chi connectivity index (χ3v) is 4.17. The lowest BCUT2D eigenvalue weighted by atomic mass is 10.0. The molecular weight excluding hydrogens is 337 g/mol.